The Labute approximate surface area is 108 Å². The first-order valence-corrected chi connectivity index (χ1v) is 6.76. The highest BCUT2D eigenvalue weighted by molar-refractivity contribution is 5.80. The van der Waals surface area contributed by atoms with E-state index < -0.39 is 0 Å². The van der Waals surface area contributed by atoms with E-state index in [0.717, 1.165) is 13.2 Å². The molecule has 2 N–H and O–H groups in total. The molecule has 1 aromatic carbocycles. The van der Waals surface area contributed by atoms with Gasteiger partial charge >= 0.3 is 0 Å². The van der Waals surface area contributed by atoms with Gasteiger partial charge in [-0.15, -0.1) is 0 Å². The zero-order chi connectivity index (χ0) is 12.4. The molecule has 0 radical (unpaired) electrons. The minimum Gasteiger partial charge on any atom is -0.376 e. The van der Waals surface area contributed by atoms with E-state index in [9.17, 15) is 0 Å². The Morgan fingerprint density at radius 1 is 1.28 bits per heavy atom. The van der Waals surface area contributed by atoms with E-state index in [1.54, 1.807) is 0 Å². The summed E-state index contributed by atoms with van der Waals surface area (Å²) in [4.78, 5) is 0. The fourth-order valence-electron chi connectivity index (χ4n) is 2.71. The quantitative estimate of drug-likeness (QED) is 0.901. The van der Waals surface area contributed by atoms with Crippen LogP contribution in [-0.4, -0.2) is 17.3 Å². The summed E-state index contributed by atoms with van der Waals surface area (Å²) in [5.41, 5.74) is 8.14. The molecular weight excluding hydrogens is 224 g/mol. The zero-order valence-corrected chi connectivity index (χ0v) is 10.6. The van der Waals surface area contributed by atoms with Crippen LogP contribution in [0.5, 0.6) is 0 Å². The Balaban J connectivity index is 1.83. The molecule has 0 saturated carbocycles. The van der Waals surface area contributed by atoms with Gasteiger partial charge in [-0.3, -0.25) is 0 Å². The molecule has 96 valence electrons. The Bertz CT molecular complexity index is 526. The van der Waals surface area contributed by atoms with Crippen LogP contribution in [0.1, 0.15) is 24.8 Å². The summed E-state index contributed by atoms with van der Waals surface area (Å²) < 4.78 is 8.10. The Kier molecular flexibility index (Phi) is 3.35. The number of nitrogens with zero attached hydrogens (tertiary/aromatic N) is 1. The molecule has 3 nitrogen and oxygen atoms in total. The second-order valence-electron chi connectivity index (χ2n) is 5.05. The number of benzene rings is 1. The predicted octanol–water partition coefficient (Wildman–Crippen LogP) is 2.67. The number of ether oxygens (including phenoxy) is 1. The third kappa shape index (κ3) is 2.28. The summed E-state index contributed by atoms with van der Waals surface area (Å²) >= 11 is 0. The van der Waals surface area contributed by atoms with Crippen LogP contribution < -0.4 is 5.73 Å². The van der Waals surface area contributed by atoms with Gasteiger partial charge in [-0.2, -0.15) is 0 Å². The molecule has 1 aliphatic rings. The van der Waals surface area contributed by atoms with Gasteiger partial charge in [0, 0.05) is 31.4 Å². The first-order chi connectivity index (χ1) is 8.86. The second-order valence-corrected chi connectivity index (χ2v) is 5.05. The van der Waals surface area contributed by atoms with Crippen LogP contribution in [0.2, 0.25) is 0 Å². The lowest BCUT2D eigenvalue weighted by molar-refractivity contribution is 0.00670. The lowest BCUT2D eigenvalue weighted by atomic mass is 10.1. The lowest BCUT2D eigenvalue weighted by Crippen LogP contribution is -2.24. The van der Waals surface area contributed by atoms with Crippen molar-refractivity contribution in [2.24, 2.45) is 5.73 Å². The number of aromatic nitrogens is 1. The van der Waals surface area contributed by atoms with Crippen molar-refractivity contribution in [1.82, 2.24) is 4.57 Å². The molecule has 18 heavy (non-hydrogen) atoms. The topological polar surface area (TPSA) is 40.2 Å². The smallest absolute Gasteiger partial charge is 0.0754 e. The normalized spacial score (nSPS) is 20.4. The average molecular weight is 244 g/mol. The Morgan fingerprint density at radius 3 is 3.00 bits per heavy atom. The molecule has 0 bridgehead atoms. The number of fused-ring (bicyclic) bond motifs is 1. The molecule has 1 fully saturated rings. The maximum Gasteiger partial charge on any atom is 0.0754 e. The van der Waals surface area contributed by atoms with Gasteiger partial charge in [0.2, 0.25) is 0 Å². The Hall–Kier alpha value is -1.32. The van der Waals surface area contributed by atoms with E-state index in [-0.39, 0.29) is 0 Å². The molecule has 1 atom stereocenters. The van der Waals surface area contributed by atoms with Crippen molar-refractivity contribution in [3.05, 3.63) is 36.0 Å². The van der Waals surface area contributed by atoms with Gasteiger partial charge in [-0.05, 0) is 48.4 Å². The van der Waals surface area contributed by atoms with Crippen LogP contribution >= 0.6 is 0 Å². The SMILES string of the molecule is NCc1ccc2c(ccn2CC2CCCCO2)c1. The summed E-state index contributed by atoms with van der Waals surface area (Å²) in [6, 6.07) is 8.62. The van der Waals surface area contributed by atoms with E-state index in [2.05, 4.69) is 35.0 Å². The van der Waals surface area contributed by atoms with Crippen LogP contribution in [0.3, 0.4) is 0 Å². The van der Waals surface area contributed by atoms with Crippen molar-refractivity contribution in [2.75, 3.05) is 6.61 Å². The van der Waals surface area contributed by atoms with Crippen LogP contribution in [0.15, 0.2) is 30.5 Å². The predicted molar refractivity (Wildman–Crippen MR) is 73.4 cm³/mol. The van der Waals surface area contributed by atoms with E-state index in [4.69, 9.17) is 10.5 Å². The van der Waals surface area contributed by atoms with Gasteiger partial charge < -0.3 is 15.0 Å². The van der Waals surface area contributed by atoms with Gasteiger partial charge in [0.25, 0.3) is 0 Å². The minimum absolute atomic E-state index is 0.378. The van der Waals surface area contributed by atoms with E-state index in [1.807, 2.05) is 0 Å². The standard InChI is InChI=1S/C15H20N2O/c16-10-12-4-5-15-13(9-12)6-7-17(15)11-14-3-1-2-8-18-14/h4-7,9,14H,1-3,8,10-11,16H2. The van der Waals surface area contributed by atoms with Crippen LogP contribution in [0.25, 0.3) is 10.9 Å². The van der Waals surface area contributed by atoms with Crippen LogP contribution in [0, 0.1) is 0 Å². The van der Waals surface area contributed by atoms with Crippen molar-refractivity contribution in [3.63, 3.8) is 0 Å². The summed E-state index contributed by atoms with van der Waals surface area (Å²) in [5.74, 6) is 0. The largest absolute Gasteiger partial charge is 0.376 e. The van der Waals surface area contributed by atoms with E-state index in [0.29, 0.717) is 12.6 Å². The molecule has 2 aromatic rings. The van der Waals surface area contributed by atoms with Gasteiger partial charge in [0.05, 0.1) is 6.10 Å². The number of hydrogen-bond donors (Lipinski definition) is 1. The first kappa shape index (κ1) is 11.8. The van der Waals surface area contributed by atoms with E-state index >= 15 is 0 Å². The summed E-state index contributed by atoms with van der Waals surface area (Å²) in [6.07, 6.45) is 6.22. The molecule has 3 rings (SSSR count). The van der Waals surface area contributed by atoms with Crippen LogP contribution in [-0.2, 0) is 17.8 Å². The maximum absolute atomic E-state index is 5.80. The maximum atomic E-state index is 5.80. The molecule has 3 heteroatoms. The monoisotopic (exact) mass is 244 g/mol. The molecule has 0 amide bonds. The lowest BCUT2D eigenvalue weighted by Gasteiger charge is -2.23. The van der Waals surface area contributed by atoms with Crippen molar-refractivity contribution >= 4 is 10.9 Å². The van der Waals surface area contributed by atoms with Crippen LogP contribution in [0.4, 0.5) is 0 Å². The second kappa shape index (κ2) is 5.12. The summed E-state index contributed by atoms with van der Waals surface area (Å²) in [7, 11) is 0. The highest BCUT2D eigenvalue weighted by Crippen LogP contribution is 2.21. The molecule has 1 aromatic heterocycles. The van der Waals surface area contributed by atoms with Gasteiger partial charge in [0.1, 0.15) is 0 Å². The van der Waals surface area contributed by atoms with Crippen molar-refractivity contribution in [3.8, 4) is 0 Å². The van der Waals surface area contributed by atoms with Gasteiger partial charge in [-0.25, -0.2) is 0 Å². The highest BCUT2D eigenvalue weighted by atomic mass is 16.5. The minimum atomic E-state index is 0.378. The average Bonchev–Trinajstić information content (AvgIpc) is 2.82. The summed E-state index contributed by atoms with van der Waals surface area (Å²) in [6.45, 7) is 2.49. The molecule has 2 heterocycles. The highest BCUT2D eigenvalue weighted by Gasteiger charge is 2.15. The van der Waals surface area contributed by atoms with Gasteiger partial charge in [0.15, 0.2) is 0 Å². The number of nitrogens with two attached hydrogens (primary N) is 1. The third-order valence-electron chi connectivity index (χ3n) is 3.75. The Morgan fingerprint density at radius 2 is 2.22 bits per heavy atom. The molecule has 1 unspecified atom stereocenters. The zero-order valence-electron chi connectivity index (χ0n) is 10.6. The fraction of sp³-hybridized carbons (Fsp3) is 0.467. The molecule has 1 aliphatic heterocycles. The van der Waals surface area contributed by atoms with Crippen molar-refractivity contribution in [1.29, 1.82) is 0 Å². The molecule has 0 aliphatic carbocycles. The fourth-order valence-corrected chi connectivity index (χ4v) is 2.71. The van der Waals surface area contributed by atoms with E-state index in [1.165, 1.54) is 35.7 Å². The molecule has 1 saturated heterocycles. The number of hydrogen-bond acceptors (Lipinski definition) is 2. The molecule has 0 spiro atoms. The van der Waals surface area contributed by atoms with Crippen molar-refractivity contribution < 1.29 is 4.74 Å². The first-order valence-electron chi connectivity index (χ1n) is 6.76. The molecular formula is C15H20N2O. The number of rotatable bonds is 3. The van der Waals surface area contributed by atoms with Crippen molar-refractivity contribution in [2.45, 2.75) is 38.5 Å². The third-order valence-corrected chi connectivity index (χ3v) is 3.75. The van der Waals surface area contributed by atoms with Gasteiger partial charge in [-0.1, -0.05) is 6.07 Å². The summed E-state index contributed by atoms with van der Waals surface area (Å²) in [5, 5.41) is 1.27.